The van der Waals surface area contributed by atoms with Gasteiger partial charge in [-0.1, -0.05) is 25.1 Å². The first-order chi connectivity index (χ1) is 10.6. The molecule has 5 nitrogen and oxygen atoms in total. The van der Waals surface area contributed by atoms with E-state index in [2.05, 4.69) is 10.6 Å². The van der Waals surface area contributed by atoms with Crippen molar-refractivity contribution in [2.45, 2.75) is 39.2 Å². The largest absolute Gasteiger partial charge is 0.349 e. The predicted molar refractivity (Wildman–Crippen MR) is 86.9 cm³/mol. The number of rotatable bonds is 4. The van der Waals surface area contributed by atoms with E-state index in [1.54, 1.807) is 0 Å². The second kappa shape index (κ2) is 7.82. The average molecular weight is 303 g/mol. The minimum Gasteiger partial charge on any atom is -0.349 e. The smallest absolute Gasteiger partial charge is 0.317 e. The van der Waals surface area contributed by atoms with E-state index in [-0.39, 0.29) is 18.0 Å². The van der Waals surface area contributed by atoms with E-state index < -0.39 is 0 Å². The number of hydrogen-bond donors (Lipinski definition) is 2. The van der Waals surface area contributed by atoms with E-state index in [4.69, 9.17) is 0 Å². The van der Waals surface area contributed by atoms with Crippen molar-refractivity contribution in [2.75, 3.05) is 19.6 Å². The summed E-state index contributed by atoms with van der Waals surface area (Å²) >= 11 is 0. The van der Waals surface area contributed by atoms with Gasteiger partial charge in [0.2, 0.25) is 0 Å². The second-order valence-electron chi connectivity index (χ2n) is 5.78. The van der Waals surface area contributed by atoms with Gasteiger partial charge in [-0.05, 0) is 37.8 Å². The number of piperidine rings is 1. The molecule has 3 amide bonds. The Morgan fingerprint density at radius 2 is 1.91 bits per heavy atom. The Labute approximate surface area is 132 Å². The molecule has 1 aromatic carbocycles. The van der Waals surface area contributed by atoms with Gasteiger partial charge in [0.1, 0.15) is 0 Å². The monoisotopic (exact) mass is 303 g/mol. The molecule has 1 heterocycles. The van der Waals surface area contributed by atoms with Crippen LogP contribution in [0.25, 0.3) is 0 Å². The average Bonchev–Trinajstić information content (AvgIpc) is 2.53. The molecular weight excluding hydrogens is 278 g/mol. The lowest BCUT2D eigenvalue weighted by atomic mass is 10.0. The lowest BCUT2D eigenvalue weighted by molar-refractivity contribution is 0.0917. The number of benzene rings is 1. The minimum atomic E-state index is -0.0213. The molecule has 0 bridgehead atoms. The van der Waals surface area contributed by atoms with Crippen LogP contribution in [0.3, 0.4) is 0 Å². The molecule has 5 heteroatoms. The van der Waals surface area contributed by atoms with Gasteiger partial charge < -0.3 is 15.5 Å². The van der Waals surface area contributed by atoms with Gasteiger partial charge in [-0.2, -0.15) is 0 Å². The van der Waals surface area contributed by atoms with Crippen molar-refractivity contribution < 1.29 is 9.59 Å². The van der Waals surface area contributed by atoms with Gasteiger partial charge in [-0.25, -0.2) is 4.79 Å². The van der Waals surface area contributed by atoms with Crippen molar-refractivity contribution in [2.24, 2.45) is 0 Å². The molecule has 0 radical (unpaired) electrons. The molecule has 0 aliphatic carbocycles. The highest BCUT2D eigenvalue weighted by atomic mass is 16.2. The minimum absolute atomic E-state index is 0.00512. The van der Waals surface area contributed by atoms with E-state index in [1.165, 1.54) is 0 Å². The lowest BCUT2D eigenvalue weighted by Crippen LogP contribution is -2.49. The van der Waals surface area contributed by atoms with Gasteiger partial charge in [0.05, 0.1) is 0 Å². The quantitative estimate of drug-likeness (QED) is 0.896. The number of hydrogen-bond acceptors (Lipinski definition) is 2. The van der Waals surface area contributed by atoms with Gasteiger partial charge in [0.25, 0.3) is 5.91 Å². The first-order valence-electron chi connectivity index (χ1n) is 8.01. The van der Waals surface area contributed by atoms with E-state index in [0.717, 1.165) is 30.4 Å². The third-order valence-electron chi connectivity index (χ3n) is 4.03. The molecule has 1 aliphatic rings. The third kappa shape index (κ3) is 4.23. The molecule has 0 aromatic heterocycles. The fourth-order valence-electron chi connectivity index (χ4n) is 2.66. The fourth-order valence-corrected chi connectivity index (χ4v) is 2.66. The first kappa shape index (κ1) is 16.3. The first-order valence-corrected chi connectivity index (χ1v) is 8.01. The molecule has 0 spiro atoms. The molecule has 0 atom stereocenters. The number of urea groups is 1. The van der Waals surface area contributed by atoms with Crippen LogP contribution in [0.2, 0.25) is 0 Å². The number of nitrogens with one attached hydrogen (secondary N) is 2. The van der Waals surface area contributed by atoms with Gasteiger partial charge in [-0.3, -0.25) is 4.79 Å². The summed E-state index contributed by atoms with van der Waals surface area (Å²) < 4.78 is 0. The van der Waals surface area contributed by atoms with Crippen LogP contribution in [0.1, 0.15) is 42.1 Å². The van der Waals surface area contributed by atoms with Gasteiger partial charge in [0.15, 0.2) is 0 Å². The van der Waals surface area contributed by atoms with Gasteiger partial charge in [0, 0.05) is 31.2 Å². The zero-order valence-corrected chi connectivity index (χ0v) is 13.4. The van der Waals surface area contributed by atoms with Crippen molar-refractivity contribution in [1.29, 1.82) is 0 Å². The van der Waals surface area contributed by atoms with Crippen molar-refractivity contribution in [3.8, 4) is 0 Å². The topological polar surface area (TPSA) is 61.4 Å². The summed E-state index contributed by atoms with van der Waals surface area (Å²) in [5, 5.41) is 5.97. The molecule has 0 saturated carbocycles. The van der Waals surface area contributed by atoms with Crippen molar-refractivity contribution in [1.82, 2.24) is 15.5 Å². The number of likely N-dealkylation sites (tertiary alicyclic amines) is 1. The normalized spacial score (nSPS) is 15.5. The zero-order valence-electron chi connectivity index (χ0n) is 13.4. The molecule has 1 fully saturated rings. The van der Waals surface area contributed by atoms with Crippen LogP contribution in [0.15, 0.2) is 24.3 Å². The van der Waals surface area contributed by atoms with Crippen LogP contribution in [-0.4, -0.2) is 42.5 Å². The molecule has 1 aromatic rings. The van der Waals surface area contributed by atoms with Crippen LogP contribution < -0.4 is 10.6 Å². The number of nitrogens with zero attached hydrogens (tertiary/aromatic N) is 1. The lowest BCUT2D eigenvalue weighted by Gasteiger charge is -2.32. The van der Waals surface area contributed by atoms with Crippen LogP contribution in [-0.2, 0) is 0 Å². The van der Waals surface area contributed by atoms with Crippen molar-refractivity contribution in [3.05, 3.63) is 35.4 Å². The Morgan fingerprint density at radius 3 is 2.55 bits per heavy atom. The molecule has 0 unspecified atom stereocenters. The summed E-state index contributed by atoms with van der Waals surface area (Å²) in [4.78, 5) is 26.0. The second-order valence-corrected chi connectivity index (χ2v) is 5.78. The highest BCUT2D eigenvalue weighted by Crippen LogP contribution is 2.13. The maximum Gasteiger partial charge on any atom is 0.317 e. The van der Waals surface area contributed by atoms with Crippen molar-refractivity contribution >= 4 is 11.9 Å². The van der Waals surface area contributed by atoms with Crippen LogP contribution in [0.5, 0.6) is 0 Å². The SMILES string of the molecule is CCCNC(=O)N1CCC(NC(=O)c2ccccc2C)CC1. The Balaban J connectivity index is 1.81. The predicted octanol–water partition coefficient (Wildman–Crippen LogP) is 2.31. The van der Waals surface area contributed by atoms with E-state index in [9.17, 15) is 9.59 Å². The van der Waals surface area contributed by atoms with Crippen LogP contribution in [0.4, 0.5) is 4.79 Å². The summed E-state index contributed by atoms with van der Waals surface area (Å²) in [6.45, 7) is 6.06. The Kier molecular flexibility index (Phi) is 5.81. The third-order valence-corrected chi connectivity index (χ3v) is 4.03. The highest BCUT2D eigenvalue weighted by Gasteiger charge is 2.24. The Morgan fingerprint density at radius 1 is 1.23 bits per heavy atom. The number of aryl methyl sites for hydroxylation is 1. The maximum atomic E-state index is 12.3. The molecule has 1 aliphatic heterocycles. The Bertz CT molecular complexity index is 522. The standard InChI is InChI=1S/C17H25N3O2/c1-3-10-18-17(22)20-11-8-14(9-12-20)19-16(21)15-7-5-4-6-13(15)2/h4-7,14H,3,8-12H2,1-2H3,(H,18,22)(H,19,21). The van der Waals surface area contributed by atoms with E-state index in [0.29, 0.717) is 19.6 Å². The summed E-state index contributed by atoms with van der Waals surface area (Å²) in [5.74, 6) is -0.0213. The molecule has 2 N–H and O–H groups in total. The summed E-state index contributed by atoms with van der Waals surface area (Å²) in [7, 11) is 0. The molecule has 2 rings (SSSR count). The number of carbonyl (C=O) groups is 2. The maximum absolute atomic E-state index is 12.3. The molecular formula is C17H25N3O2. The Hall–Kier alpha value is -2.04. The van der Waals surface area contributed by atoms with E-state index >= 15 is 0 Å². The summed E-state index contributed by atoms with van der Waals surface area (Å²) in [6, 6.07) is 7.74. The summed E-state index contributed by atoms with van der Waals surface area (Å²) in [6.07, 6.45) is 2.54. The zero-order chi connectivity index (χ0) is 15.9. The van der Waals surface area contributed by atoms with E-state index in [1.807, 2.05) is 43.0 Å². The highest BCUT2D eigenvalue weighted by molar-refractivity contribution is 5.95. The fraction of sp³-hybridized carbons (Fsp3) is 0.529. The van der Waals surface area contributed by atoms with Gasteiger partial charge >= 0.3 is 6.03 Å². The molecule has 22 heavy (non-hydrogen) atoms. The van der Waals surface area contributed by atoms with Gasteiger partial charge in [-0.15, -0.1) is 0 Å². The number of amides is 3. The molecule has 120 valence electrons. The van der Waals surface area contributed by atoms with Crippen molar-refractivity contribution in [3.63, 3.8) is 0 Å². The molecule has 1 saturated heterocycles. The van der Waals surface area contributed by atoms with Crippen LogP contribution in [0, 0.1) is 6.92 Å². The number of carbonyl (C=O) groups excluding carboxylic acids is 2. The van der Waals surface area contributed by atoms with Crippen LogP contribution >= 0.6 is 0 Å². The summed E-state index contributed by atoms with van der Waals surface area (Å²) in [5.41, 5.74) is 1.71.